The number of likely N-dealkylation sites (N-methyl/N-ethyl adjacent to an activating group) is 4. The summed E-state index contributed by atoms with van der Waals surface area (Å²) in [6.45, 7) is 9.13. The van der Waals surface area contributed by atoms with Crippen LogP contribution in [-0.2, 0) is 62.3 Å². The largest absolute Gasteiger partial charge is 0.393 e. The van der Waals surface area contributed by atoms with Crippen molar-refractivity contribution in [1.29, 1.82) is 0 Å². The van der Waals surface area contributed by atoms with Crippen molar-refractivity contribution in [3.63, 3.8) is 0 Å². The van der Waals surface area contributed by atoms with Crippen LogP contribution >= 0.6 is 11.6 Å². The Balaban J connectivity index is 1.10. The lowest BCUT2D eigenvalue weighted by Crippen LogP contribution is -2.65. The Morgan fingerprint density at radius 3 is 1.78 bits per heavy atom. The molecular formula is C77H119ClF6N12O13. The van der Waals surface area contributed by atoms with E-state index in [2.05, 4.69) is 16.0 Å². The van der Waals surface area contributed by atoms with E-state index in [0.717, 1.165) is 4.90 Å². The Hall–Kier alpha value is -6.53. The molecule has 4 saturated carbocycles. The molecule has 0 aromatic rings. The number of halogens is 7. The fourth-order valence-electron chi connectivity index (χ4n) is 18.8. The highest BCUT2D eigenvalue weighted by Gasteiger charge is 2.54. The van der Waals surface area contributed by atoms with Gasteiger partial charge in [-0.2, -0.15) is 26.3 Å². The van der Waals surface area contributed by atoms with Gasteiger partial charge in [0.2, 0.25) is 70.9 Å². The zero-order chi connectivity index (χ0) is 79.7. The van der Waals surface area contributed by atoms with Gasteiger partial charge in [-0.15, -0.1) is 11.6 Å². The zero-order valence-corrected chi connectivity index (χ0v) is 66.0. The highest BCUT2D eigenvalue weighted by Crippen LogP contribution is 2.45. The first-order chi connectivity index (χ1) is 51.5. The van der Waals surface area contributed by atoms with Crippen LogP contribution in [0.25, 0.3) is 0 Å². The molecule has 5 aliphatic heterocycles. The molecule has 5 heterocycles. The molecule has 3 N–H and O–H groups in total. The predicted octanol–water partition coefficient (Wildman–Crippen LogP) is 7.18. The summed E-state index contributed by atoms with van der Waals surface area (Å²) >= 11 is 6.43. The van der Waals surface area contributed by atoms with Crippen LogP contribution in [0.1, 0.15) is 208 Å². The maximum Gasteiger partial charge on any atom is 0.393 e. The van der Waals surface area contributed by atoms with E-state index in [0.29, 0.717) is 57.8 Å². The van der Waals surface area contributed by atoms with E-state index in [1.165, 1.54) is 67.4 Å². The highest BCUT2D eigenvalue weighted by molar-refractivity contribution is 6.21. The number of alkyl halides is 7. The number of fused-ring (bicyclic) bond motifs is 3. The quantitative estimate of drug-likeness (QED) is 0.122. The van der Waals surface area contributed by atoms with Gasteiger partial charge in [0.1, 0.15) is 59.9 Å². The molecule has 25 nitrogen and oxygen atoms in total. The first-order valence-electron chi connectivity index (χ1n) is 40.3. The minimum atomic E-state index is -4.55. The first kappa shape index (κ1) is 86.5. The van der Waals surface area contributed by atoms with E-state index >= 15 is 52.7 Å². The van der Waals surface area contributed by atoms with Gasteiger partial charge in [-0.1, -0.05) is 66.7 Å². The Morgan fingerprint density at radius 1 is 0.596 bits per heavy atom. The van der Waals surface area contributed by atoms with Crippen molar-refractivity contribution in [2.24, 2.45) is 41.4 Å². The fraction of sp³-hybridized carbons (Fsp3) is 0.844. The molecule has 13 atom stereocenters. The number of nitrogens with zero attached hydrogens (tertiary/aromatic N) is 9. The average Bonchev–Trinajstić information content (AvgIpc) is 1.71. The van der Waals surface area contributed by atoms with Gasteiger partial charge < -0.3 is 64.8 Å². The summed E-state index contributed by atoms with van der Waals surface area (Å²) in [5.41, 5.74) is -1.61. The van der Waals surface area contributed by atoms with E-state index in [4.69, 9.17) is 16.3 Å². The average molecular weight is 1570 g/mol. The molecule has 32 heteroatoms. The van der Waals surface area contributed by atoms with Crippen LogP contribution in [0.3, 0.4) is 0 Å². The van der Waals surface area contributed by atoms with Gasteiger partial charge in [-0.3, -0.25) is 57.5 Å². The molecule has 5 saturated heterocycles. The monoisotopic (exact) mass is 1570 g/mol. The molecule has 9 rings (SSSR count). The third kappa shape index (κ3) is 20.3. The summed E-state index contributed by atoms with van der Waals surface area (Å²) < 4.78 is 90.4. The number of carbonyl (C=O) groups excluding carboxylic acids is 12. The number of morpholine rings is 1. The number of carbonyl (C=O) groups is 12. The highest BCUT2D eigenvalue weighted by atomic mass is 35.5. The van der Waals surface area contributed by atoms with Gasteiger partial charge in [0.25, 0.3) is 0 Å². The molecule has 0 bridgehead atoms. The maximum absolute atomic E-state index is 15.8. The Labute approximate surface area is 642 Å². The lowest BCUT2D eigenvalue weighted by Gasteiger charge is -2.46. The summed E-state index contributed by atoms with van der Waals surface area (Å²) in [5, 5.41) is 7.57. The molecule has 4 unspecified atom stereocenters. The molecule has 0 radical (unpaired) electrons. The summed E-state index contributed by atoms with van der Waals surface area (Å²) in [6, 6.07) is -11.4. The van der Waals surface area contributed by atoms with Crippen molar-refractivity contribution in [3.05, 3.63) is 0 Å². The van der Waals surface area contributed by atoms with E-state index in [9.17, 15) is 31.1 Å². The van der Waals surface area contributed by atoms with Crippen LogP contribution in [0.5, 0.6) is 0 Å². The van der Waals surface area contributed by atoms with Gasteiger partial charge in [-0.25, -0.2) is 0 Å². The molecule has 4 aliphatic carbocycles. The fourth-order valence-corrected chi connectivity index (χ4v) is 19.3. The van der Waals surface area contributed by atoms with E-state index in [1.54, 1.807) is 13.8 Å². The topological polar surface area (TPSA) is 279 Å². The molecule has 0 aromatic heterocycles. The number of hydrogen-bond acceptors (Lipinski definition) is 13. The second-order valence-electron chi connectivity index (χ2n) is 33.3. The summed E-state index contributed by atoms with van der Waals surface area (Å²) in [6.07, 6.45) is -4.71. The molecule has 12 amide bonds. The third-order valence-electron chi connectivity index (χ3n) is 25.6. The van der Waals surface area contributed by atoms with Crippen LogP contribution in [0.4, 0.5) is 26.3 Å². The second-order valence-corrected chi connectivity index (χ2v) is 33.9. The van der Waals surface area contributed by atoms with Crippen molar-refractivity contribution in [3.8, 4) is 0 Å². The molecule has 1 spiro atoms. The van der Waals surface area contributed by atoms with Crippen molar-refractivity contribution in [2.45, 2.75) is 286 Å². The van der Waals surface area contributed by atoms with Crippen LogP contribution < -0.4 is 16.0 Å². The van der Waals surface area contributed by atoms with Crippen LogP contribution in [-0.4, -0.2) is 280 Å². The minimum Gasteiger partial charge on any atom is -0.378 e. The Kier molecular flexibility index (Phi) is 29.7. The van der Waals surface area contributed by atoms with Gasteiger partial charge in [0.05, 0.1) is 38.0 Å². The van der Waals surface area contributed by atoms with Gasteiger partial charge in [0, 0.05) is 72.8 Å². The van der Waals surface area contributed by atoms with Gasteiger partial charge in [-0.05, 0) is 164 Å². The molecule has 9 fully saturated rings. The van der Waals surface area contributed by atoms with Crippen LogP contribution in [0.2, 0.25) is 0 Å². The summed E-state index contributed by atoms with van der Waals surface area (Å²) in [5.74, 6) is -13.4. The number of nitrogens with one attached hydrogen (secondary N) is 3. The Morgan fingerprint density at radius 2 is 1.20 bits per heavy atom. The van der Waals surface area contributed by atoms with Crippen LogP contribution in [0, 0.1) is 41.4 Å². The number of ether oxygens (including phenoxy) is 1. The lowest BCUT2D eigenvalue weighted by atomic mass is 9.78. The van der Waals surface area contributed by atoms with E-state index in [-0.39, 0.29) is 168 Å². The zero-order valence-electron chi connectivity index (χ0n) is 65.2. The number of hydrogen-bond donors (Lipinski definition) is 3. The van der Waals surface area contributed by atoms with Gasteiger partial charge >= 0.3 is 12.4 Å². The molecule has 109 heavy (non-hydrogen) atoms. The number of rotatable bonds is 13. The van der Waals surface area contributed by atoms with Crippen LogP contribution in [0.15, 0.2) is 0 Å². The van der Waals surface area contributed by atoms with Crippen molar-refractivity contribution < 1.29 is 88.6 Å². The molecule has 9 aliphatic rings. The van der Waals surface area contributed by atoms with Crippen molar-refractivity contribution in [2.75, 3.05) is 87.2 Å². The summed E-state index contributed by atoms with van der Waals surface area (Å²) in [7, 11) is 5.65. The Bertz CT molecular complexity index is 3250. The maximum atomic E-state index is 15.8. The second kappa shape index (κ2) is 37.4. The smallest absolute Gasteiger partial charge is 0.378 e. The van der Waals surface area contributed by atoms with Crippen molar-refractivity contribution in [1.82, 2.24) is 60.0 Å². The minimum absolute atomic E-state index is 0.00932. The van der Waals surface area contributed by atoms with Gasteiger partial charge in [0.15, 0.2) is 0 Å². The molecule has 0 aromatic carbocycles. The normalized spacial score (nSPS) is 32.1. The first-order valence-corrected chi connectivity index (χ1v) is 40.8. The molecular weight excluding hydrogens is 1450 g/mol. The number of amides is 12. The van der Waals surface area contributed by atoms with E-state index in [1.807, 2.05) is 20.8 Å². The SMILES string of the molecule is CCCN1C(=O)[C@@H]2CCN2C(=O)[C@@H]2CCCN2C(=O)[C@H]([C@@H](C)CC)NC(=O)[C@H](CC(C)C)N(C)C(=O)C[C@@H](C(=O)N2CCOCC2)N(C)C(=O)[C@H](C2CCCC2)N(C)C(=O)C2(CCCC2)NC(=O)[C@@H]2CCCN2C(=O)[C@H](CCC2CCC(C(F)(F)F)C(Cl)C2)NC(=O)CN(C)C(=O)C1CC1CCC(C(F)(F)F)CC1. The predicted molar refractivity (Wildman–Crippen MR) is 391 cm³/mol. The standard InChI is InChI=1S/C77H119ClF6N12O13/c1-10-33-93-60(43-49-22-26-51(27-23-49)76(79,80)81)68(102)88(6)45-61(97)85-54(29-25-48-24-28-52(53(78)42-48)77(82,83)84)67(101)94-34-16-20-55(94)66(100)87-75(31-14-15-32-75)74(108)91(9)64(50-18-12-13-19-50)73(107)90(8)59(69(103)92-37-39-109-40-38-92)44-62(98)89(7)58(41-46(3)4)65(99)86-63(47(5)11-2)72(106)95-35-17-21-56(95)70(104)96-36-30-57(96)71(93)105/h46-60,63-64H,10-45H2,1-9H3,(H,85,97)(H,86,99)(H,87,100)/t47-,48?,49?,51?,52?,53?,54-,55-,56-,57-,58-,59-,60?,63-,64-/m0/s1. The molecule has 614 valence electrons. The summed E-state index contributed by atoms with van der Waals surface area (Å²) in [4.78, 5) is 196. The van der Waals surface area contributed by atoms with Crippen molar-refractivity contribution >= 4 is 82.5 Å². The van der Waals surface area contributed by atoms with E-state index < -0.39 is 197 Å². The lowest BCUT2D eigenvalue weighted by molar-refractivity contribution is -0.184. The third-order valence-corrected chi connectivity index (χ3v) is 26.1.